The largest absolute Gasteiger partial charge is 0.462 e. The number of hydrogen-bond donors (Lipinski definition) is 1. The first-order valence-electron chi connectivity index (χ1n) is 11.4. The van der Waals surface area contributed by atoms with Crippen LogP contribution in [-0.2, 0) is 4.74 Å². The van der Waals surface area contributed by atoms with E-state index in [0.29, 0.717) is 40.1 Å². The van der Waals surface area contributed by atoms with Crippen molar-refractivity contribution in [2.45, 2.75) is 46.0 Å². The molecule has 0 fully saturated rings. The zero-order valence-corrected chi connectivity index (χ0v) is 19.0. The van der Waals surface area contributed by atoms with Crippen molar-refractivity contribution >= 4 is 39.8 Å². The number of fused-ring (bicyclic) bond motifs is 2. The summed E-state index contributed by atoms with van der Waals surface area (Å²) in [5.41, 5.74) is 10.1. The first-order chi connectivity index (χ1) is 16.0. The number of ketones is 1. The Bertz CT molecular complexity index is 1330. The lowest BCUT2D eigenvalue weighted by atomic mass is 10.1. The lowest BCUT2D eigenvalue weighted by molar-refractivity contribution is 0.0501. The van der Waals surface area contributed by atoms with Gasteiger partial charge >= 0.3 is 5.97 Å². The van der Waals surface area contributed by atoms with E-state index in [-0.39, 0.29) is 17.2 Å². The maximum atomic E-state index is 13.1. The van der Waals surface area contributed by atoms with Crippen molar-refractivity contribution in [1.29, 1.82) is 0 Å². The van der Waals surface area contributed by atoms with Crippen molar-refractivity contribution in [3.63, 3.8) is 0 Å². The van der Waals surface area contributed by atoms with Crippen LogP contribution in [0.4, 0.5) is 5.82 Å². The summed E-state index contributed by atoms with van der Waals surface area (Å²) in [4.78, 5) is 34.5. The fourth-order valence-electron chi connectivity index (χ4n) is 3.93. The quantitative estimate of drug-likeness (QED) is 0.208. The third kappa shape index (κ3) is 4.58. The lowest BCUT2D eigenvalue weighted by Gasteiger charge is -2.09. The fourth-order valence-corrected chi connectivity index (χ4v) is 3.93. The van der Waals surface area contributed by atoms with Gasteiger partial charge in [-0.3, -0.25) is 9.36 Å². The molecular weight excluding hydrogens is 416 g/mol. The maximum absolute atomic E-state index is 13.1. The van der Waals surface area contributed by atoms with E-state index in [1.807, 2.05) is 30.3 Å². The Hall–Kier alpha value is -3.74. The molecule has 0 radical (unpaired) electrons. The van der Waals surface area contributed by atoms with Crippen LogP contribution in [0.1, 0.15) is 66.7 Å². The molecular formula is C26H28N4O3. The number of hydrogen-bond acceptors (Lipinski definition) is 6. The average Bonchev–Trinajstić information content (AvgIpc) is 3.10. The van der Waals surface area contributed by atoms with Gasteiger partial charge in [0.15, 0.2) is 11.4 Å². The molecule has 0 spiro atoms. The van der Waals surface area contributed by atoms with Gasteiger partial charge in [0.2, 0.25) is 0 Å². The van der Waals surface area contributed by atoms with Crippen LogP contribution in [0, 0.1) is 0 Å². The summed E-state index contributed by atoms with van der Waals surface area (Å²) in [6.07, 6.45) is 5.28. The van der Waals surface area contributed by atoms with E-state index < -0.39 is 5.97 Å². The van der Waals surface area contributed by atoms with E-state index in [0.717, 1.165) is 25.7 Å². The van der Waals surface area contributed by atoms with Crippen LogP contribution in [-0.4, -0.2) is 32.9 Å². The normalized spacial score (nSPS) is 11.2. The molecule has 0 aliphatic carbocycles. The molecule has 0 aliphatic heterocycles. The Morgan fingerprint density at radius 2 is 1.70 bits per heavy atom. The van der Waals surface area contributed by atoms with Crippen molar-refractivity contribution in [2.75, 3.05) is 12.3 Å². The number of anilines is 1. The van der Waals surface area contributed by atoms with E-state index in [4.69, 9.17) is 20.4 Å². The summed E-state index contributed by atoms with van der Waals surface area (Å²) in [5, 5.41) is 0. The van der Waals surface area contributed by atoms with Gasteiger partial charge in [-0.05, 0) is 37.6 Å². The molecule has 2 aromatic heterocycles. The minimum absolute atomic E-state index is 0.0638. The minimum atomic E-state index is -0.515. The van der Waals surface area contributed by atoms with Gasteiger partial charge in [-0.15, -0.1) is 0 Å². The van der Waals surface area contributed by atoms with Crippen molar-refractivity contribution < 1.29 is 14.3 Å². The zero-order chi connectivity index (χ0) is 23.4. The number of Topliss-reactive ketones (excluding diaryl/α,β-unsaturated/α-hetero) is 1. The number of nitrogen functional groups attached to an aromatic ring is 1. The zero-order valence-electron chi connectivity index (χ0n) is 19.0. The SMILES string of the molecule is CCCCCCCOC(=O)c1c(N)n(-c2cccc(C(C)=O)c2)c2nc3ccccc3nc12. The van der Waals surface area contributed by atoms with Gasteiger partial charge in [-0.2, -0.15) is 0 Å². The second kappa shape index (κ2) is 9.81. The third-order valence-electron chi connectivity index (χ3n) is 5.69. The molecule has 0 unspecified atom stereocenters. The molecule has 4 aromatic rings. The van der Waals surface area contributed by atoms with Gasteiger partial charge in [0.05, 0.1) is 17.6 Å². The van der Waals surface area contributed by atoms with E-state index in [2.05, 4.69) is 6.92 Å². The van der Waals surface area contributed by atoms with Gasteiger partial charge in [0, 0.05) is 11.3 Å². The van der Waals surface area contributed by atoms with Crippen LogP contribution in [0.15, 0.2) is 48.5 Å². The van der Waals surface area contributed by atoms with Gasteiger partial charge in [-0.1, -0.05) is 56.9 Å². The van der Waals surface area contributed by atoms with Crippen molar-refractivity contribution in [3.8, 4) is 5.69 Å². The smallest absolute Gasteiger partial charge is 0.344 e. The molecule has 0 saturated carbocycles. The van der Waals surface area contributed by atoms with Crippen molar-refractivity contribution in [3.05, 3.63) is 59.7 Å². The Balaban J connectivity index is 1.79. The lowest BCUT2D eigenvalue weighted by Crippen LogP contribution is -2.10. The molecule has 0 atom stereocenters. The first-order valence-corrected chi connectivity index (χ1v) is 11.4. The van der Waals surface area contributed by atoms with Gasteiger partial charge in [0.25, 0.3) is 0 Å². The standard InChI is InChI=1S/C26H28N4O3/c1-3-4-5-6-9-15-33-26(32)22-23-25(29-21-14-8-7-13-20(21)28-23)30(24(22)27)19-12-10-11-18(16-19)17(2)31/h7-8,10-14,16H,3-6,9,15,27H2,1-2H3. The predicted octanol–water partition coefficient (Wildman–Crippen LogP) is 5.49. The molecule has 170 valence electrons. The van der Waals surface area contributed by atoms with Crippen LogP contribution in [0.3, 0.4) is 0 Å². The number of aromatic nitrogens is 3. The summed E-state index contributed by atoms with van der Waals surface area (Å²) in [6, 6.07) is 14.5. The number of ether oxygens (including phenoxy) is 1. The molecule has 7 heteroatoms. The summed E-state index contributed by atoms with van der Waals surface area (Å²) < 4.78 is 7.23. The topological polar surface area (TPSA) is 100 Å². The fraction of sp³-hybridized carbons (Fsp3) is 0.308. The second-order valence-corrected chi connectivity index (χ2v) is 8.14. The molecule has 0 bridgehead atoms. The highest BCUT2D eigenvalue weighted by Gasteiger charge is 2.26. The number of nitrogens with two attached hydrogens (primary N) is 1. The van der Waals surface area contributed by atoms with Gasteiger partial charge in [0.1, 0.15) is 16.9 Å². The highest BCUT2D eigenvalue weighted by molar-refractivity contribution is 6.09. The van der Waals surface area contributed by atoms with Crippen molar-refractivity contribution in [2.24, 2.45) is 0 Å². The average molecular weight is 445 g/mol. The van der Waals surface area contributed by atoms with Gasteiger partial charge < -0.3 is 10.5 Å². The first kappa shape index (κ1) is 22.5. The summed E-state index contributed by atoms with van der Waals surface area (Å²) in [6.45, 7) is 4.00. The molecule has 2 heterocycles. The number of nitrogens with zero attached hydrogens (tertiary/aromatic N) is 3. The monoisotopic (exact) mass is 444 g/mol. The molecule has 0 saturated heterocycles. The predicted molar refractivity (Wildman–Crippen MR) is 130 cm³/mol. The highest BCUT2D eigenvalue weighted by atomic mass is 16.5. The maximum Gasteiger partial charge on any atom is 0.344 e. The number of rotatable bonds is 9. The highest BCUT2D eigenvalue weighted by Crippen LogP contribution is 2.32. The Labute approximate surface area is 192 Å². The summed E-state index contributed by atoms with van der Waals surface area (Å²) in [5.74, 6) is -0.387. The van der Waals surface area contributed by atoms with E-state index >= 15 is 0 Å². The molecule has 2 aromatic carbocycles. The number of benzene rings is 2. The van der Waals surface area contributed by atoms with E-state index in [1.165, 1.54) is 13.3 Å². The van der Waals surface area contributed by atoms with E-state index in [1.54, 1.807) is 22.8 Å². The van der Waals surface area contributed by atoms with Crippen LogP contribution < -0.4 is 5.73 Å². The molecule has 0 aliphatic rings. The Kier molecular flexibility index (Phi) is 6.68. The molecule has 2 N–H and O–H groups in total. The minimum Gasteiger partial charge on any atom is -0.462 e. The number of para-hydroxylation sites is 2. The number of carbonyl (C=O) groups is 2. The number of esters is 1. The van der Waals surface area contributed by atoms with Crippen LogP contribution in [0.25, 0.3) is 27.9 Å². The summed E-state index contributed by atoms with van der Waals surface area (Å²) in [7, 11) is 0. The van der Waals surface area contributed by atoms with Crippen LogP contribution >= 0.6 is 0 Å². The van der Waals surface area contributed by atoms with Crippen LogP contribution in [0.5, 0.6) is 0 Å². The second-order valence-electron chi connectivity index (χ2n) is 8.14. The molecule has 0 amide bonds. The van der Waals surface area contributed by atoms with E-state index in [9.17, 15) is 9.59 Å². The Morgan fingerprint density at radius 1 is 0.970 bits per heavy atom. The molecule has 7 nitrogen and oxygen atoms in total. The van der Waals surface area contributed by atoms with Crippen molar-refractivity contribution in [1.82, 2.24) is 14.5 Å². The number of carbonyl (C=O) groups excluding carboxylic acids is 2. The Morgan fingerprint density at radius 3 is 2.42 bits per heavy atom. The molecule has 4 rings (SSSR count). The molecule has 33 heavy (non-hydrogen) atoms. The van der Waals surface area contributed by atoms with Crippen LogP contribution in [0.2, 0.25) is 0 Å². The summed E-state index contributed by atoms with van der Waals surface area (Å²) >= 11 is 0. The third-order valence-corrected chi connectivity index (χ3v) is 5.69. The van der Waals surface area contributed by atoms with Gasteiger partial charge in [-0.25, -0.2) is 14.8 Å². The number of unbranched alkanes of at least 4 members (excludes halogenated alkanes) is 4.